The average Bonchev–Trinajstić information content (AvgIpc) is 3.09. The molecular formula is C13H19N5O6. The number of aliphatic hydroxyl groups excluding tert-OH is 2. The van der Waals surface area contributed by atoms with Crippen molar-refractivity contribution in [3.8, 4) is 0 Å². The maximum Gasteiger partial charge on any atom is 0.280 e. The van der Waals surface area contributed by atoms with E-state index in [1.165, 1.54) is 18.0 Å². The summed E-state index contributed by atoms with van der Waals surface area (Å²) in [5.74, 6) is -0.0663. The summed E-state index contributed by atoms with van der Waals surface area (Å²) in [4.78, 5) is 22.3. The van der Waals surface area contributed by atoms with Gasteiger partial charge in [-0.05, 0) is 0 Å². The van der Waals surface area contributed by atoms with E-state index in [1.807, 2.05) is 0 Å². The van der Waals surface area contributed by atoms with Gasteiger partial charge in [-0.25, -0.2) is 4.98 Å². The van der Waals surface area contributed by atoms with Crippen LogP contribution in [0.25, 0.3) is 11.2 Å². The molecule has 0 amide bonds. The topological polar surface area (TPSA) is 158 Å². The number of rotatable bonds is 6. The van der Waals surface area contributed by atoms with Crippen LogP contribution in [0.4, 0.5) is 5.95 Å². The van der Waals surface area contributed by atoms with E-state index >= 15 is 0 Å². The van der Waals surface area contributed by atoms with Crippen molar-refractivity contribution < 1.29 is 24.4 Å². The molecule has 0 aliphatic carbocycles. The van der Waals surface area contributed by atoms with Crippen molar-refractivity contribution in [2.45, 2.75) is 24.5 Å². The molecule has 1 fully saturated rings. The Hall–Kier alpha value is -2.05. The minimum absolute atomic E-state index is 0.0663. The maximum absolute atomic E-state index is 11.9. The molecule has 11 nitrogen and oxygen atoms in total. The van der Waals surface area contributed by atoms with Crippen molar-refractivity contribution in [2.75, 3.05) is 32.7 Å². The number of fused-ring (bicyclic) bond motifs is 1. The van der Waals surface area contributed by atoms with Gasteiger partial charge in [0.15, 0.2) is 17.4 Å². The number of aromatic amines is 1. The summed E-state index contributed by atoms with van der Waals surface area (Å²) in [6.07, 6.45) is -2.16. The fourth-order valence-electron chi connectivity index (χ4n) is 2.67. The smallest absolute Gasteiger partial charge is 0.280 e. The van der Waals surface area contributed by atoms with Crippen LogP contribution in [0.5, 0.6) is 0 Å². The van der Waals surface area contributed by atoms with Gasteiger partial charge in [0.25, 0.3) is 5.56 Å². The van der Waals surface area contributed by atoms with Gasteiger partial charge in [0, 0.05) is 7.11 Å². The van der Waals surface area contributed by atoms with Gasteiger partial charge >= 0.3 is 0 Å². The third-order valence-corrected chi connectivity index (χ3v) is 3.82. The Labute approximate surface area is 136 Å². The zero-order valence-electron chi connectivity index (χ0n) is 13.0. The van der Waals surface area contributed by atoms with Gasteiger partial charge in [-0.3, -0.25) is 14.3 Å². The molecule has 1 saturated heterocycles. The van der Waals surface area contributed by atoms with Crippen molar-refractivity contribution in [1.82, 2.24) is 19.5 Å². The van der Waals surface area contributed by atoms with E-state index in [9.17, 15) is 15.0 Å². The molecule has 0 aromatic carbocycles. The summed E-state index contributed by atoms with van der Waals surface area (Å²) in [6.45, 7) is 0.166. The molecule has 0 saturated carbocycles. The molecule has 1 aliphatic heterocycles. The van der Waals surface area contributed by atoms with E-state index in [-0.39, 0.29) is 30.3 Å². The molecule has 0 spiro atoms. The standard InChI is InChI=1S/C13H19N5O6/c1-22-2-3-23-9-8(20)6(4-19)24-12(9)18-5-15-7-10(18)16-13(14)17-11(7)21/h5-6,8-9,12,19-20H,2-4H2,1H3,(H3,14,16,17,21)/t6-,8-,9+,12+/m0/s1. The van der Waals surface area contributed by atoms with Crippen molar-refractivity contribution in [1.29, 1.82) is 0 Å². The number of nitrogens with zero attached hydrogens (tertiary/aromatic N) is 3. The predicted octanol–water partition coefficient (Wildman–Crippen LogP) is -2.02. The highest BCUT2D eigenvalue weighted by Gasteiger charge is 2.45. The minimum atomic E-state index is -1.06. The third-order valence-electron chi connectivity index (χ3n) is 3.82. The number of imidazole rings is 1. The number of methoxy groups -OCH3 is 1. The molecule has 132 valence electrons. The first-order valence-corrected chi connectivity index (χ1v) is 7.34. The highest BCUT2D eigenvalue weighted by Crippen LogP contribution is 2.33. The Kier molecular flexibility index (Phi) is 4.78. The van der Waals surface area contributed by atoms with Crippen LogP contribution in [0.3, 0.4) is 0 Å². The Morgan fingerprint density at radius 2 is 2.29 bits per heavy atom. The molecule has 5 N–H and O–H groups in total. The van der Waals surface area contributed by atoms with E-state index in [0.29, 0.717) is 6.61 Å². The number of nitrogen functional groups attached to an aromatic ring is 1. The number of hydrogen-bond donors (Lipinski definition) is 4. The summed E-state index contributed by atoms with van der Waals surface area (Å²) >= 11 is 0. The highest BCUT2D eigenvalue weighted by atomic mass is 16.6. The largest absolute Gasteiger partial charge is 0.394 e. The van der Waals surface area contributed by atoms with Crippen LogP contribution in [0.1, 0.15) is 6.23 Å². The highest BCUT2D eigenvalue weighted by molar-refractivity contribution is 5.70. The van der Waals surface area contributed by atoms with Crippen LogP contribution < -0.4 is 11.3 Å². The van der Waals surface area contributed by atoms with E-state index in [4.69, 9.17) is 19.9 Å². The van der Waals surface area contributed by atoms with E-state index < -0.39 is 30.1 Å². The molecule has 4 atom stereocenters. The Morgan fingerprint density at radius 1 is 1.50 bits per heavy atom. The average molecular weight is 341 g/mol. The molecule has 0 radical (unpaired) electrons. The van der Waals surface area contributed by atoms with Gasteiger partial charge in [0.2, 0.25) is 5.95 Å². The van der Waals surface area contributed by atoms with Gasteiger partial charge < -0.3 is 30.2 Å². The van der Waals surface area contributed by atoms with Crippen LogP contribution in [-0.4, -0.2) is 75.0 Å². The summed E-state index contributed by atoms with van der Waals surface area (Å²) in [5.41, 5.74) is 5.39. The SMILES string of the molecule is COCCO[C@@H]1[C@@H](O)[C@H](CO)O[C@H]1n1cnc2c(=O)[nH]c(N)nc21. The zero-order chi connectivity index (χ0) is 17.3. The van der Waals surface area contributed by atoms with Gasteiger partial charge in [-0.15, -0.1) is 0 Å². The van der Waals surface area contributed by atoms with Crippen LogP contribution >= 0.6 is 0 Å². The molecule has 11 heteroatoms. The second-order valence-electron chi connectivity index (χ2n) is 5.34. The second kappa shape index (κ2) is 6.83. The number of aromatic nitrogens is 4. The predicted molar refractivity (Wildman–Crippen MR) is 81.2 cm³/mol. The number of H-pyrrole nitrogens is 1. The molecule has 0 unspecified atom stereocenters. The number of aliphatic hydroxyl groups is 2. The molecule has 2 aromatic rings. The summed E-state index contributed by atoms with van der Waals surface area (Å²) < 4.78 is 17.7. The number of nitrogens with two attached hydrogens (primary N) is 1. The fraction of sp³-hybridized carbons (Fsp3) is 0.615. The lowest BCUT2D eigenvalue weighted by molar-refractivity contribution is -0.0785. The van der Waals surface area contributed by atoms with Crippen LogP contribution in [-0.2, 0) is 14.2 Å². The summed E-state index contributed by atoms with van der Waals surface area (Å²) in [7, 11) is 1.53. The number of hydrogen-bond acceptors (Lipinski definition) is 9. The molecule has 2 aromatic heterocycles. The molecule has 1 aliphatic rings. The number of nitrogens with one attached hydrogen (secondary N) is 1. The quantitative estimate of drug-likeness (QED) is 0.435. The van der Waals surface area contributed by atoms with Crippen LogP contribution in [0, 0.1) is 0 Å². The lowest BCUT2D eigenvalue weighted by atomic mass is 10.1. The third kappa shape index (κ3) is 2.87. The van der Waals surface area contributed by atoms with Crippen molar-refractivity contribution in [3.05, 3.63) is 16.7 Å². The summed E-state index contributed by atoms with van der Waals surface area (Å²) in [6, 6.07) is 0. The van der Waals surface area contributed by atoms with Gasteiger partial charge in [0.05, 0.1) is 26.1 Å². The molecule has 3 heterocycles. The van der Waals surface area contributed by atoms with Gasteiger partial charge in [-0.1, -0.05) is 0 Å². The molecule has 24 heavy (non-hydrogen) atoms. The molecular weight excluding hydrogens is 322 g/mol. The normalized spacial score (nSPS) is 27.1. The van der Waals surface area contributed by atoms with Gasteiger partial charge in [0.1, 0.15) is 18.3 Å². The Bertz CT molecular complexity index is 761. The monoisotopic (exact) mass is 341 g/mol. The number of anilines is 1. The van der Waals surface area contributed by atoms with E-state index in [1.54, 1.807) is 0 Å². The van der Waals surface area contributed by atoms with E-state index in [0.717, 1.165) is 0 Å². The van der Waals surface area contributed by atoms with Gasteiger partial charge in [-0.2, -0.15) is 4.98 Å². The number of ether oxygens (including phenoxy) is 3. The second-order valence-corrected chi connectivity index (χ2v) is 5.34. The maximum atomic E-state index is 11.9. The summed E-state index contributed by atoms with van der Waals surface area (Å²) in [5, 5.41) is 19.7. The van der Waals surface area contributed by atoms with E-state index in [2.05, 4.69) is 15.0 Å². The first-order chi connectivity index (χ1) is 11.6. The van der Waals surface area contributed by atoms with Crippen LogP contribution in [0.2, 0.25) is 0 Å². The van der Waals surface area contributed by atoms with Crippen molar-refractivity contribution in [3.63, 3.8) is 0 Å². The first kappa shape index (κ1) is 16.8. The van der Waals surface area contributed by atoms with Crippen molar-refractivity contribution >= 4 is 17.1 Å². The minimum Gasteiger partial charge on any atom is -0.394 e. The van der Waals surface area contributed by atoms with Crippen molar-refractivity contribution in [2.24, 2.45) is 0 Å². The first-order valence-electron chi connectivity index (χ1n) is 7.34. The Morgan fingerprint density at radius 3 is 3.00 bits per heavy atom. The van der Waals surface area contributed by atoms with Crippen LogP contribution in [0.15, 0.2) is 11.1 Å². The zero-order valence-corrected chi connectivity index (χ0v) is 13.0. The molecule has 3 rings (SSSR count). The fourth-order valence-corrected chi connectivity index (χ4v) is 2.67. The lowest BCUT2D eigenvalue weighted by Crippen LogP contribution is -2.36. The lowest BCUT2D eigenvalue weighted by Gasteiger charge is -2.21. The Balaban J connectivity index is 1.97. The molecule has 0 bridgehead atoms.